The number of ether oxygens (including phenoxy) is 3. The van der Waals surface area contributed by atoms with Gasteiger partial charge in [-0.1, -0.05) is 55.2 Å². The molecule has 7 atom stereocenters. The predicted molar refractivity (Wildman–Crippen MR) is 218 cm³/mol. The Morgan fingerprint density at radius 2 is 1.89 bits per heavy atom. The molecule has 8 heteroatoms. The largest absolute Gasteiger partial charge is 0.504 e. The van der Waals surface area contributed by atoms with Crippen molar-refractivity contribution in [3.05, 3.63) is 112 Å². The normalized spacial score (nSPS) is 30.1. The molecule has 3 aromatic carbocycles. The highest BCUT2D eigenvalue weighted by Crippen LogP contribution is 2.52. The van der Waals surface area contributed by atoms with Crippen LogP contribution in [0.15, 0.2) is 78.1 Å². The number of nitrogens with two attached hydrogens (primary N) is 1. The number of aliphatic hydroxyl groups excluding tert-OH is 1. The number of fused-ring (bicyclic) bond motifs is 6. The number of aryl methyl sites for hydroxylation is 1. The van der Waals surface area contributed by atoms with Crippen molar-refractivity contribution < 1.29 is 24.4 Å². The number of hydrogen-bond acceptors (Lipinski definition) is 7. The van der Waals surface area contributed by atoms with Crippen LogP contribution in [0.5, 0.6) is 11.5 Å². The zero-order chi connectivity index (χ0) is 38.0. The Morgan fingerprint density at radius 1 is 0.982 bits per heavy atom. The molecule has 4 aromatic rings. The number of dihydropyridines is 1. The monoisotopic (exact) mass is 751 g/mol. The minimum atomic E-state index is -0.508. The van der Waals surface area contributed by atoms with Crippen molar-refractivity contribution in [3.63, 3.8) is 0 Å². The second-order valence-electron chi connectivity index (χ2n) is 17.3. The van der Waals surface area contributed by atoms with E-state index in [1.807, 2.05) is 12.1 Å². The SMILES string of the molecule is C[C@@H]1C#CC2=CC(N)NC3=C2CO[C@@H](CCC1)C[C@H](O)[C@@H]1CCc2c(ccc(O)c2OCc2cc([C@@]45CCOC[C@H]4CCc4ccccc45)cc4cn3cc24)C1. The highest BCUT2D eigenvalue weighted by atomic mass is 16.5. The highest BCUT2D eigenvalue weighted by Gasteiger charge is 2.47. The van der Waals surface area contributed by atoms with E-state index < -0.39 is 12.3 Å². The van der Waals surface area contributed by atoms with E-state index in [0.29, 0.717) is 37.9 Å². The summed E-state index contributed by atoms with van der Waals surface area (Å²) in [6.45, 7) is 4.30. The molecule has 0 amide bonds. The molecule has 290 valence electrons. The van der Waals surface area contributed by atoms with E-state index in [-0.39, 0.29) is 29.1 Å². The van der Waals surface area contributed by atoms with Crippen LogP contribution in [0.1, 0.15) is 85.3 Å². The predicted octanol–water partition coefficient (Wildman–Crippen LogP) is 7.26. The van der Waals surface area contributed by atoms with E-state index in [9.17, 15) is 10.2 Å². The summed E-state index contributed by atoms with van der Waals surface area (Å²) in [5.41, 5.74) is 15.8. The molecule has 1 unspecified atom stereocenters. The van der Waals surface area contributed by atoms with Crippen LogP contribution in [0.2, 0.25) is 0 Å². The second kappa shape index (κ2) is 14.5. The Hall–Kier alpha value is -4.52. The van der Waals surface area contributed by atoms with Crippen molar-refractivity contribution in [2.45, 2.75) is 102 Å². The maximum atomic E-state index is 11.8. The summed E-state index contributed by atoms with van der Waals surface area (Å²) in [4.78, 5) is 0. The van der Waals surface area contributed by atoms with Gasteiger partial charge in [0.25, 0.3) is 0 Å². The molecule has 5 aliphatic heterocycles. The molecule has 2 aliphatic carbocycles. The van der Waals surface area contributed by atoms with Crippen LogP contribution in [0.25, 0.3) is 16.6 Å². The highest BCUT2D eigenvalue weighted by molar-refractivity contribution is 5.88. The quantitative estimate of drug-likeness (QED) is 0.152. The van der Waals surface area contributed by atoms with Crippen LogP contribution in [-0.4, -0.2) is 53.0 Å². The smallest absolute Gasteiger partial charge is 0.164 e. The molecule has 6 heterocycles. The van der Waals surface area contributed by atoms with Gasteiger partial charge < -0.3 is 40.0 Å². The topological polar surface area (TPSA) is 111 Å². The molecule has 1 aromatic heterocycles. The first-order valence-corrected chi connectivity index (χ1v) is 20.9. The van der Waals surface area contributed by atoms with E-state index in [0.717, 1.165) is 109 Å². The van der Waals surface area contributed by atoms with Gasteiger partial charge in [0.05, 0.1) is 31.6 Å². The average Bonchev–Trinajstić information content (AvgIpc) is 3.64. The molecule has 8 bridgehead atoms. The Bertz CT molecular complexity index is 2310. The summed E-state index contributed by atoms with van der Waals surface area (Å²) in [5.74, 6) is 9.31. The number of aliphatic hydroxyl groups is 1. The van der Waals surface area contributed by atoms with Crippen LogP contribution in [0, 0.1) is 29.6 Å². The minimum Gasteiger partial charge on any atom is -0.504 e. The van der Waals surface area contributed by atoms with E-state index in [2.05, 4.69) is 77.4 Å². The van der Waals surface area contributed by atoms with Crippen molar-refractivity contribution in [1.82, 2.24) is 9.88 Å². The van der Waals surface area contributed by atoms with Gasteiger partial charge in [0.2, 0.25) is 0 Å². The lowest BCUT2D eigenvalue weighted by Gasteiger charge is -2.49. The number of phenols is 1. The van der Waals surface area contributed by atoms with Gasteiger partial charge in [-0.15, -0.1) is 0 Å². The lowest BCUT2D eigenvalue weighted by atomic mass is 9.57. The molecule has 1 fully saturated rings. The van der Waals surface area contributed by atoms with Crippen LogP contribution in [0.4, 0.5) is 0 Å². The Morgan fingerprint density at radius 3 is 2.82 bits per heavy atom. The number of nitrogens with zero attached hydrogens (tertiary/aromatic N) is 1. The number of nitrogens with one attached hydrogen (secondary N) is 1. The first kappa shape index (κ1) is 35.9. The number of hydrogen-bond donors (Lipinski definition) is 4. The number of phenolic OH excluding ortho intramolecular Hbond substituents is 1. The maximum absolute atomic E-state index is 11.8. The number of aromatic nitrogens is 1. The van der Waals surface area contributed by atoms with Crippen molar-refractivity contribution in [3.8, 4) is 23.3 Å². The summed E-state index contributed by atoms with van der Waals surface area (Å²) in [6.07, 6.45) is 14.1. The Kier molecular flexibility index (Phi) is 9.25. The van der Waals surface area contributed by atoms with Gasteiger partial charge in [0.15, 0.2) is 11.5 Å². The van der Waals surface area contributed by atoms with Crippen LogP contribution >= 0.6 is 0 Å². The van der Waals surface area contributed by atoms with Crippen molar-refractivity contribution in [1.29, 1.82) is 0 Å². The summed E-state index contributed by atoms with van der Waals surface area (Å²) >= 11 is 0. The number of aromatic hydroxyl groups is 1. The van der Waals surface area contributed by atoms with Gasteiger partial charge in [-0.05, 0) is 122 Å². The van der Waals surface area contributed by atoms with Gasteiger partial charge in [-0.3, -0.25) is 0 Å². The Labute approximate surface area is 329 Å². The third-order valence-electron chi connectivity index (χ3n) is 13.9. The van der Waals surface area contributed by atoms with Crippen molar-refractivity contribution in [2.75, 3.05) is 19.8 Å². The Balaban J connectivity index is 1.18. The summed E-state index contributed by atoms with van der Waals surface area (Å²) < 4.78 is 22.0. The first-order valence-electron chi connectivity index (χ1n) is 20.9. The molecule has 0 radical (unpaired) electrons. The molecule has 7 aliphatic rings. The number of rotatable bonds is 1. The molecule has 1 saturated heterocycles. The minimum absolute atomic E-state index is 0.0973. The summed E-state index contributed by atoms with van der Waals surface area (Å²) in [5, 5.41) is 28.9. The first-order chi connectivity index (χ1) is 27.3. The third kappa shape index (κ3) is 6.24. The standard InChI is InChI=1S/C48H53N3O5/c1-29-5-4-7-38-23-44(53)33-12-15-39-31(19-33)13-16-43(52)46(39)56-26-35-21-37(48-17-18-54-27-36(48)14-11-30-6-2-3-8-42(30)48)20-34-24-51(25-40(34)35)47-41(28-55-38)32(10-9-29)22-45(49)50-47/h2-3,6,8,13,16,20-22,24-25,29,33,36,38,44-45,50,52-53H,4-5,7,11-12,14-15,17-19,23,26-28,49H2,1H3/t29-,33+,36+,38-,44-,45?,48+/m0/s1. The van der Waals surface area contributed by atoms with Crippen LogP contribution in [0.3, 0.4) is 0 Å². The summed E-state index contributed by atoms with van der Waals surface area (Å²) in [7, 11) is 0. The van der Waals surface area contributed by atoms with E-state index in [4.69, 9.17) is 19.9 Å². The average molecular weight is 752 g/mol. The molecule has 11 rings (SSSR count). The third-order valence-corrected chi connectivity index (χ3v) is 13.9. The number of benzene rings is 3. The van der Waals surface area contributed by atoms with Gasteiger partial charge in [0, 0.05) is 57.8 Å². The van der Waals surface area contributed by atoms with Gasteiger partial charge >= 0.3 is 0 Å². The van der Waals surface area contributed by atoms with Gasteiger partial charge in [-0.25, -0.2) is 0 Å². The van der Waals surface area contributed by atoms with Crippen molar-refractivity contribution in [2.24, 2.45) is 23.5 Å². The molecule has 56 heavy (non-hydrogen) atoms. The lowest BCUT2D eigenvalue weighted by Crippen LogP contribution is -2.47. The fraction of sp³-hybridized carbons (Fsp3) is 0.458. The van der Waals surface area contributed by atoms with E-state index >= 15 is 0 Å². The molecular formula is C48H53N3O5. The van der Waals surface area contributed by atoms with E-state index in [1.54, 1.807) is 6.07 Å². The van der Waals surface area contributed by atoms with Gasteiger partial charge in [-0.2, -0.15) is 0 Å². The van der Waals surface area contributed by atoms with Crippen LogP contribution < -0.4 is 15.8 Å². The van der Waals surface area contributed by atoms with Crippen LogP contribution in [-0.2, 0) is 40.8 Å². The molecule has 0 saturated carbocycles. The fourth-order valence-corrected chi connectivity index (χ4v) is 10.9. The molecule has 8 nitrogen and oxygen atoms in total. The van der Waals surface area contributed by atoms with E-state index in [1.165, 1.54) is 16.7 Å². The zero-order valence-corrected chi connectivity index (χ0v) is 32.4. The van der Waals surface area contributed by atoms with Crippen molar-refractivity contribution >= 4 is 16.6 Å². The second-order valence-corrected chi connectivity index (χ2v) is 17.3. The summed E-state index contributed by atoms with van der Waals surface area (Å²) in [6, 6.07) is 17.6. The molecule has 5 N–H and O–H groups in total. The molecule has 0 spiro atoms. The molecular weight excluding hydrogens is 699 g/mol. The zero-order valence-electron chi connectivity index (χ0n) is 32.4. The maximum Gasteiger partial charge on any atom is 0.164 e. The van der Waals surface area contributed by atoms with Gasteiger partial charge in [0.1, 0.15) is 12.4 Å². The lowest BCUT2D eigenvalue weighted by molar-refractivity contribution is -0.00219. The fourth-order valence-electron chi connectivity index (χ4n) is 10.9.